The van der Waals surface area contributed by atoms with Crippen molar-refractivity contribution in [3.63, 3.8) is 0 Å². The van der Waals surface area contributed by atoms with Gasteiger partial charge in [-0.2, -0.15) is 9.78 Å². The van der Waals surface area contributed by atoms with Gasteiger partial charge in [0.2, 0.25) is 5.95 Å². The third-order valence-corrected chi connectivity index (χ3v) is 7.40. The fourth-order valence-corrected chi connectivity index (χ4v) is 5.83. The first kappa shape index (κ1) is 19.8. The molecule has 1 saturated carbocycles. The fraction of sp³-hybridized carbons (Fsp3) is 0.304. The molecule has 3 aromatic heterocycles. The van der Waals surface area contributed by atoms with E-state index in [1.54, 1.807) is 12.3 Å². The van der Waals surface area contributed by atoms with Crippen LogP contribution in [0.3, 0.4) is 0 Å². The molecule has 2 aliphatic carbocycles. The molecule has 0 saturated heterocycles. The van der Waals surface area contributed by atoms with Gasteiger partial charge in [-0.15, -0.1) is 10.2 Å². The van der Waals surface area contributed by atoms with E-state index in [-0.39, 0.29) is 28.5 Å². The molecule has 0 spiro atoms. The molecule has 6 rings (SSSR count). The summed E-state index contributed by atoms with van der Waals surface area (Å²) in [5.41, 5.74) is 7.49. The minimum atomic E-state index is -0.658. The molecule has 0 amide bonds. The number of benzene rings is 1. The van der Waals surface area contributed by atoms with E-state index in [2.05, 4.69) is 39.1 Å². The topological polar surface area (TPSA) is 108 Å². The number of nitrogens with zero attached hydrogens (tertiary/aromatic N) is 7. The highest BCUT2D eigenvalue weighted by Crippen LogP contribution is 2.69. The molecule has 4 aromatic rings. The second kappa shape index (κ2) is 6.60. The van der Waals surface area contributed by atoms with Gasteiger partial charge in [-0.1, -0.05) is 19.9 Å². The molecule has 3 heterocycles. The van der Waals surface area contributed by atoms with Gasteiger partial charge in [0.05, 0.1) is 28.1 Å². The lowest BCUT2D eigenvalue weighted by Gasteiger charge is -2.37. The van der Waals surface area contributed by atoms with E-state index in [0.717, 1.165) is 29.8 Å². The Bertz CT molecular complexity index is 1400. The van der Waals surface area contributed by atoms with E-state index < -0.39 is 17.0 Å². The second-order valence-corrected chi connectivity index (χ2v) is 9.14. The van der Waals surface area contributed by atoms with Crippen LogP contribution in [0.2, 0.25) is 0 Å². The molecular formula is C23H20F2N8. The van der Waals surface area contributed by atoms with E-state index in [1.165, 1.54) is 29.2 Å². The SMILES string of the molecule is CC1(C)[C@H]2CC[C@@]1(c1ccnc(-n3cnc(N)n3)n1)c1nnc(-c3c(F)cccc3F)cc12. The Labute approximate surface area is 187 Å². The van der Waals surface area contributed by atoms with Crippen molar-refractivity contribution in [1.82, 2.24) is 34.9 Å². The number of rotatable bonds is 3. The quantitative estimate of drug-likeness (QED) is 0.512. The van der Waals surface area contributed by atoms with Crippen LogP contribution in [-0.4, -0.2) is 34.9 Å². The average Bonchev–Trinajstić information content (AvgIpc) is 3.40. The van der Waals surface area contributed by atoms with Crippen LogP contribution >= 0.6 is 0 Å². The van der Waals surface area contributed by atoms with E-state index in [1.807, 2.05) is 6.07 Å². The smallest absolute Gasteiger partial charge is 0.252 e. The Morgan fingerprint density at radius 1 is 1.09 bits per heavy atom. The summed E-state index contributed by atoms with van der Waals surface area (Å²) in [6.45, 7) is 4.37. The maximum absolute atomic E-state index is 14.4. The van der Waals surface area contributed by atoms with Crippen LogP contribution in [-0.2, 0) is 5.41 Å². The zero-order valence-electron chi connectivity index (χ0n) is 18.0. The third-order valence-electron chi connectivity index (χ3n) is 7.40. The van der Waals surface area contributed by atoms with Crippen molar-refractivity contribution in [2.45, 2.75) is 38.0 Å². The number of hydrogen-bond acceptors (Lipinski definition) is 7. The summed E-state index contributed by atoms with van der Waals surface area (Å²) in [5.74, 6) is -0.676. The normalized spacial score (nSPS) is 22.5. The molecule has 10 heteroatoms. The summed E-state index contributed by atoms with van der Waals surface area (Å²) in [7, 11) is 0. The Hall–Kier alpha value is -3.82. The molecule has 166 valence electrons. The van der Waals surface area contributed by atoms with Crippen molar-refractivity contribution in [3.05, 3.63) is 71.4 Å². The number of nitrogens with two attached hydrogens (primary N) is 1. The van der Waals surface area contributed by atoms with Crippen LogP contribution in [0, 0.1) is 17.0 Å². The minimum Gasteiger partial charge on any atom is -0.366 e. The lowest BCUT2D eigenvalue weighted by molar-refractivity contribution is 0.242. The number of nitrogen functional groups attached to an aromatic ring is 1. The number of anilines is 1. The molecule has 0 radical (unpaired) electrons. The van der Waals surface area contributed by atoms with Crippen molar-refractivity contribution < 1.29 is 8.78 Å². The molecule has 2 N–H and O–H groups in total. The molecule has 0 aliphatic heterocycles. The molecule has 33 heavy (non-hydrogen) atoms. The van der Waals surface area contributed by atoms with Crippen LogP contribution in [0.15, 0.2) is 42.9 Å². The van der Waals surface area contributed by atoms with Crippen molar-refractivity contribution in [2.75, 3.05) is 5.73 Å². The van der Waals surface area contributed by atoms with E-state index in [0.29, 0.717) is 5.95 Å². The Kier molecular flexibility index (Phi) is 3.96. The minimum absolute atomic E-state index is 0.133. The Morgan fingerprint density at radius 2 is 1.88 bits per heavy atom. The summed E-state index contributed by atoms with van der Waals surface area (Å²) < 4.78 is 30.3. The molecule has 2 bridgehead atoms. The Morgan fingerprint density at radius 3 is 2.61 bits per heavy atom. The van der Waals surface area contributed by atoms with Crippen molar-refractivity contribution in [1.29, 1.82) is 0 Å². The van der Waals surface area contributed by atoms with Crippen LogP contribution in [0.25, 0.3) is 17.2 Å². The highest BCUT2D eigenvalue weighted by molar-refractivity contribution is 5.64. The molecular weight excluding hydrogens is 426 g/mol. The summed E-state index contributed by atoms with van der Waals surface area (Å²) in [5, 5.41) is 12.9. The van der Waals surface area contributed by atoms with Gasteiger partial charge in [-0.25, -0.2) is 23.7 Å². The molecule has 1 fully saturated rings. The molecule has 2 atom stereocenters. The largest absolute Gasteiger partial charge is 0.366 e. The lowest BCUT2D eigenvalue weighted by Crippen LogP contribution is -2.38. The van der Waals surface area contributed by atoms with Crippen LogP contribution in [0.5, 0.6) is 0 Å². The first-order valence-electron chi connectivity index (χ1n) is 10.7. The highest BCUT2D eigenvalue weighted by Gasteiger charge is 2.65. The predicted octanol–water partition coefficient (Wildman–Crippen LogP) is 3.58. The van der Waals surface area contributed by atoms with Gasteiger partial charge < -0.3 is 5.73 Å². The first-order valence-corrected chi connectivity index (χ1v) is 10.7. The van der Waals surface area contributed by atoms with Crippen molar-refractivity contribution >= 4 is 5.95 Å². The maximum atomic E-state index is 14.4. The average molecular weight is 446 g/mol. The monoisotopic (exact) mass is 446 g/mol. The Balaban J connectivity index is 1.53. The van der Waals surface area contributed by atoms with Crippen LogP contribution in [0.4, 0.5) is 14.7 Å². The van der Waals surface area contributed by atoms with Gasteiger partial charge in [0.25, 0.3) is 5.95 Å². The number of halogens is 2. The number of hydrogen-bond donors (Lipinski definition) is 1. The predicted molar refractivity (Wildman–Crippen MR) is 115 cm³/mol. The summed E-state index contributed by atoms with van der Waals surface area (Å²) in [6.07, 6.45) is 4.88. The van der Waals surface area contributed by atoms with Gasteiger partial charge in [0, 0.05) is 6.20 Å². The summed E-state index contributed by atoms with van der Waals surface area (Å²) in [6, 6.07) is 7.46. The first-order chi connectivity index (χ1) is 15.8. The highest BCUT2D eigenvalue weighted by atomic mass is 19.1. The molecule has 8 nitrogen and oxygen atoms in total. The third kappa shape index (κ3) is 2.54. The van der Waals surface area contributed by atoms with E-state index in [9.17, 15) is 8.78 Å². The number of fused-ring (bicyclic) bond motifs is 5. The number of aromatic nitrogens is 7. The van der Waals surface area contributed by atoms with Gasteiger partial charge in [0.1, 0.15) is 18.0 Å². The van der Waals surface area contributed by atoms with Crippen LogP contribution in [0.1, 0.15) is 49.6 Å². The van der Waals surface area contributed by atoms with Gasteiger partial charge in [-0.05, 0) is 54.0 Å². The zero-order chi connectivity index (χ0) is 23.0. The van der Waals surface area contributed by atoms with Gasteiger partial charge >= 0.3 is 0 Å². The van der Waals surface area contributed by atoms with Crippen molar-refractivity contribution in [2.24, 2.45) is 5.41 Å². The summed E-state index contributed by atoms with van der Waals surface area (Å²) >= 11 is 0. The van der Waals surface area contributed by atoms with E-state index in [4.69, 9.17) is 10.7 Å². The standard InChI is InChI=1S/C23H20F2N8/c1-22(2)13-6-8-23(22,17-7-9-27-21(29-17)33-11-28-20(26)32-33)19-12(13)10-16(30-31-19)18-14(24)4-3-5-15(18)25/h3-5,7,9-11,13H,6,8H2,1-2H3,(H2,26,32)/t13-,23+/m0/s1. The van der Waals surface area contributed by atoms with Gasteiger partial charge in [0.15, 0.2) is 0 Å². The zero-order valence-corrected chi connectivity index (χ0v) is 18.0. The molecule has 1 aromatic carbocycles. The van der Waals surface area contributed by atoms with Crippen molar-refractivity contribution in [3.8, 4) is 17.2 Å². The summed E-state index contributed by atoms with van der Waals surface area (Å²) in [4.78, 5) is 13.1. The fourth-order valence-electron chi connectivity index (χ4n) is 5.83. The molecule has 2 aliphatic rings. The lowest BCUT2D eigenvalue weighted by atomic mass is 9.66. The second-order valence-electron chi connectivity index (χ2n) is 9.14. The maximum Gasteiger partial charge on any atom is 0.252 e. The van der Waals surface area contributed by atoms with Gasteiger partial charge in [-0.3, -0.25) is 0 Å². The van der Waals surface area contributed by atoms with E-state index >= 15 is 0 Å². The molecule has 0 unspecified atom stereocenters. The van der Waals surface area contributed by atoms with Crippen LogP contribution < -0.4 is 5.73 Å².